The highest BCUT2D eigenvalue weighted by Crippen LogP contribution is 2.30. The van der Waals surface area contributed by atoms with Gasteiger partial charge in [0.1, 0.15) is 5.01 Å². The lowest BCUT2D eigenvalue weighted by Gasteiger charge is -2.12. The van der Waals surface area contributed by atoms with Crippen LogP contribution in [0.25, 0.3) is 0 Å². The van der Waals surface area contributed by atoms with Gasteiger partial charge in [0.25, 0.3) is 0 Å². The Bertz CT molecular complexity index is 344. The van der Waals surface area contributed by atoms with E-state index in [1.165, 1.54) is 30.2 Å². The van der Waals surface area contributed by atoms with Crippen LogP contribution in [-0.4, -0.2) is 29.0 Å². The molecule has 15 heavy (non-hydrogen) atoms. The van der Waals surface area contributed by atoms with Crippen molar-refractivity contribution in [2.75, 3.05) is 12.9 Å². The molecule has 1 aromatic rings. The molecule has 0 saturated heterocycles. The van der Waals surface area contributed by atoms with Gasteiger partial charge in [-0.3, -0.25) is 4.79 Å². The minimum absolute atomic E-state index is 0.0156. The highest BCUT2D eigenvalue weighted by Gasteiger charge is 2.19. The molecule has 6 heteroatoms. The van der Waals surface area contributed by atoms with Crippen molar-refractivity contribution < 1.29 is 9.53 Å². The third-order valence-electron chi connectivity index (χ3n) is 1.59. The first-order valence-electron chi connectivity index (χ1n) is 4.47. The second-order valence-electron chi connectivity index (χ2n) is 3.99. The molecular formula is C9H14N2O2S2. The fraction of sp³-hybridized carbons (Fsp3) is 0.667. The summed E-state index contributed by atoms with van der Waals surface area (Å²) in [5, 5.41) is 9.08. The van der Waals surface area contributed by atoms with Gasteiger partial charge >= 0.3 is 5.97 Å². The number of ether oxygens (including phenoxy) is 1. The maximum absolute atomic E-state index is 10.9. The van der Waals surface area contributed by atoms with E-state index in [0.29, 0.717) is 0 Å². The van der Waals surface area contributed by atoms with Crippen LogP contribution in [0.2, 0.25) is 0 Å². The van der Waals surface area contributed by atoms with E-state index in [-0.39, 0.29) is 17.1 Å². The Labute approximate surface area is 97.4 Å². The van der Waals surface area contributed by atoms with Gasteiger partial charge in [0.05, 0.1) is 12.9 Å². The molecule has 0 N–H and O–H groups in total. The molecule has 0 spiro atoms. The molecule has 1 rings (SSSR count). The molecule has 0 atom stereocenters. The third kappa shape index (κ3) is 3.79. The van der Waals surface area contributed by atoms with Crippen LogP contribution >= 0.6 is 23.1 Å². The second-order valence-corrected chi connectivity index (χ2v) is 6.19. The summed E-state index contributed by atoms with van der Waals surface area (Å²) in [6.45, 7) is 6.26. The zero-order chi connectivity index (χ0) is 11.5. The van der Waals surface area contributed by atoms with Crippen molar-refractivity contribution in [3.63, 3.8) is 0 Å². The Balaban J connectivity index is 2.58. The maximum atomic E-state index is 10.9. The minimum Gasteiger partial charge on any atom is -0.468 e. The van der Waals surface area contributed by atoms with Crippen LogP contribution in [0.3, 0.4) is 0 Å². The van der Waals surface area contributed by atoms with E-state index in [0.717, 1.165) is 9.35 Å². The van der Waals surface area contributed by atoms with E-state index in [1.807, 2.05) is 0 Å². The van der Waals surface area contributed by atoms with Crippen molar-refractivity contribution >= 4 is 29.1 Å². The molecule has 0 saturated carbocycles. The van der Waals surface area contributed by atoms with Gasteiger partial charge in [-0.1, -0.05) is 43.9 Å². The van der Waals surface area contributed by atoms with Crippen molar-refractivity contribution in [3.8, 4) is 0 Å². The Hall–Kier alpha value is -0.620. The Morgan fingerprint density at radius 2 is 2.13 bits per heavy atom. The predicted molar refractivity (Wildman–Crippen MR) is 61.3 cm³/mol. The summed E-state index contributed by atoms with van der Waals surface area (Å²) in [6.07, 6.45) is 0. The summed E-state index contributed by atoms with van der Waals surface area (Å²) >= 11 is 2.89. The molecule has 0 amide bonds. The molecule has 0 aliphatic heterocycles. The standard InChI is InChI=1S/C9H14N2O2S2/c1-9(2,3)7-10-11-8(15-7)14-5-6(12)13-4/h5H2,1-4H3. The number of nitrogens with zero attached hydrogens (tertiary/aromatic N) is 2. The van der Waals surface area contributed by atoms with Crippen LogP contribution in [0.5, 0.6) is 0 Å². The van der Waals surface area contributed by atoms with Crippen molar-refractivity contribution in [2.45, 2.75) is 30.5 Å². The fourth-order valence-electron chi connectivity index (χ4n) is 0.751. The van der Waals surface area contributed by atoms with E-state index >= 15 is 0 Å². The van der Waals surface area contributed by atoms with Crippen molar-refractivity contribution in [1.82, 2.24) is 10.2 Å². The van der Waals surface area contributed by atoms with E-state index in [4.69, 9.17) is 0 Å². The first kappa shape index (κ1) is 12.4. The number of esters is 1. The molecule has 4 nitrogen and oxygen atoms in total. The van der Waals surface area contributed by atoms with Gasteiger partial charge in [-0.15, -0.1) is 10.2 Å². The van der Waals surface area contributed by atoms with Gasteiger partial charge < -0.3 is 4.74 Å². The van der Waals surface area contributed by atoms with Gasteiger partial charge in [-0.2, -0.15) is 0 Å². The number of methoxy groups -OCH3 is 1. The molecule has 0 bridgehead atoms. The van der Waals surface area contributed by atoms with Crippen LogP contribution in [0.4, 0.5) is 0 Å². The van der Waals surface area contributed by atoms with Crippen molar-refractivity contribution in [2.24, 2.45) is 0 Å². The normalized spacial score (nSPS) is 11.5. The van der Waals surface area contributed by atoms with Crippen LogP contribution in [0.1, 0.15) is 25.8 Å². The minimum atomic E-state index is -0.243. The summed E-state index contributed by atoms with van der Waals surface area (Å²) in [5.74, 6) is 0.0439. The summed E-state index contributed by atoms with van der Waals surface area (Å²) < 4.78 is 5.35. The molecule has 1 heterocycles. The zero-order valence-corrected chi connectivity index (χ0v) is 10.9. The summed E-state index contributed by atoms with van der Waals surface area (Å²) in [6, 6.07) is 0. The lowest BCUT2D eigenvalue weighted by atomic mass is 9.98. The van der Waals surface area contributed by atoms with E-state index < -0.39 is 0 Å². The smallest absolute Gasteiger partial charge is 0.316 e. The monoisotopic (exact) mass is 246 g/mol. The molecule has 0 aromatic carbocycles. The van der Waals surface area contributed by atoms with Gasteiger partial charge in [0, 0.05) is 5.41 Å². The quantitative estimate of drug-likeness (QED) is 0.604. The second kappa shape index (κ2) is 4.94. The number of aromatic nitrogens is 2. The number of thioether (sulfide) groups is 1. The maximum Gasteiger partial charge on any atom is 0.316 e. The number of hydrogen-bond acceptors (Lipinski definition) is 6. The Morgan fingerprint density at radius 1 is 1.47 bits per heavy atom. The number of carbonyl (C=O) groups excluding carboxylic acids is 1. The molecule has 0 aliphatic rings. The van der Waals surface area contributed by atoms with E-state index in [9.17, 15) is 4.79 Å². The number of hydrogen-bond donors (Lipinski definition) is 0. The average molecular weight is 246 g/mol. The predicted octanol–water partition coefficient (Wildman–Crippen LogP) is 2.10. The SMILES string of the molecule is COC(=O)CSc1nnc(C(C)(C)C)s1. The number of rotatable bonds is 3. The summed E-state index contributed by atoms with van der Waals surface area (Å²) in [4.78, 5) is 10.9. The van der Waals surface area contributed by atoms with Gasteiger partial charge in [0.15, 0.2) is 4.34 Å². The fourth-order valence-corrected chi connectivity index (χ4v) is 2.49. The molecule has 0 aliphatic carbocycles. The highest BCUT2D eigenvalue weighted by molar-refractivity contribution is 8.01. The zero-order valence-electron chi connectivity index (χ0n) is 9.23. The van der Waals surface area contributed by atoms with Crippen molar-refractivity contribution in [1.29, 1.82) is 0 Å². The van der Waals surface area contributed by atoms with Crippen LogP contribution in [-0.2, 0) is 14.9 Å². The molecule has 84 valence electrons. The van der Waals surface area contributed by atoms with Gasteiger partial charge in [-0.05, 0) is 0 Å². The molecule has 0 radical (unpaired) electrons. The van der Waals surface area contributed by atoms with Crippen molar-refractivity contribution in [3.05, 3.63) is 5.01 Å². The molecule has 1 aromatic heterocycles. The van der Waals surface area contributed by atoms with Gasteiger partial charge in [0.2, 0.25) is 0 Å². The van der Waals surface area contributed by atoms with Crippen LogP contribution in [0, 0.1) is 0 Å². The van der Waals surface area contributed by atoms with Gasteiger partial charge in [-0.25, -0.2) is 0 Å². The Morgan fingerprint density at radius 3 is 2.60 bits per heavy atom. The number of carbonyl (C=O) groups is 1. The Kier molecular flexibility index (Phi) is 4.10. The average Bonchev–Trinajstić information content (AvgIpc) is 2.61. The largest absolute Gasteiger partial charge is 0.468 e. The topological polar surface area (TPSA) is 52.1 Å². The summed E-state index contributed by atoms with van der Waals surface area (Å²) in [5.41, 5.74) is 0.0156. The van der Waals surface area contributed by atoms with E-state index in [1.54, 1.807) is 0 Å². The lowest BCUT2D eigenvalue weighted by molar-refractivity contribution is -0.137. The van der Waals surface area contributed by atoms with Crippen LogP contribution in [0.15, 0.2) is 4.34 Å². The molecule has 0 unspecified atom stereocenters. The summed E-state index contributed by atoms with van der Waals surface area (Å²) in [7, 11) is 1.38. The molecular weight excluding hydrogens is 232 g/mol. The lowest BCUT2D eigenvalue weighted by Crippen LogP contribution is -2.10. The third-order valence-corrected chi connectivity index (χ3v) is 4.05. The highest BCUT2D eigenvalue weighted by atomic mass is 32.2. The first-order valence-corrected chi connectivity index (χ1v) is 6.27. The first-order chi connectivity index (χ1) is 6.93. The molecule has 0 fully saturated rings. The van der Waals surface area contributed by atoms with Crippen LogP contribution < -0.4 is 0 Å². The van der Waals surface area contributed by atoms with E-state index in [2.05, 4.69) is 35.7 Å².